The van der Waals surface area contributed by atoms with Crippen molar-refractivity contribution in [1.82, 2.24) is 19.6 Å². The number of rotatable bonds is 9. The van der Waals surface area contributed by atoms with E-state index in [4.69, 9.17) is 15.2 Å². The molecule has 2 fully saturated rings. The summed E-state index contributed by atoms with van der Waals surface area (Å²) in [6.45, 7) is 3.75. The summed E-state index contributed by atoms with van der Waals surface area (Å²) in [7, 11) is -3.15. The van der Waals surface area contributed by atoms with Crippen LogP contribution in [0.15, 0.2) is 48.9 Å². The molecule has 6 rings (SSSR count). The molecule has 12 nitrogen and oxygen atoms in total. The zero-order valence-corrected chi connectivity index (χ0v) is 26.4. The van der Waals surface area contributed by atoms with Gasteiger partial charge in [-0.1, -0.05) is 6.92 Å². The average Bonchev–Trinajstić information content (AvgIpc) is 3.40. The second-order valence-corrected chi connectivity index (χ2v) is 14.4. The Balaban J connectivity index is 1.24. The molecule has 0 spiro atoms. The maximum Gasteiger partial charge on any atom is 0.229 e. The van der Waals surface area contributed by atoms with Crippen LogP contribution in [0.4, 0.5) is 26.1 Å². The average molecular weight is 658 g/mol. The van der Waals surface area contributed by atoms with Gasteiger partial charge in [0.05, 0.1) is 64.6 Å². The van der Waals surface area contributed by atoms with Gasteiger partial charge < -0.3 is 30.5 Å². The van der Waals surface area contributed by atoms with Crippen LogP contribution in [0.5, 0.6) is 0 Å². The second-order valence-electron chi connectivity index (χ2n) is 12.1. The van der Waals surface area contributed by atoms with Gasteiger partial charge in [-0.2, -0.15) is 9.61 Å². The van der Waals surface area contributed by atoms with Crippen molar-refractivity contribution in [3.8, 4) is 11.3 Å². The van der Waals surface area contributed by atoms with Gasteiger partial charge in [0.1, 0.15) is 21.5 Å². The number of benzene rings is 1. The van der Waals surface area contributed by atoms with Crippen molar-refractivity contribution in [1.29, 1.82) is 0 Å². The first kappa shape index (κ1) is 32.2. The van der Waals surface area contributed by atoms with Crippen LogP contribution in [0.1, 0.15) is 25.3 Å². The van der Waals surface area contributed by atoms with Crippen molar-refractivity contribution < 1.29 is 31.8 Å². The number of hydrogen-bond acceptors (Lipinski definition) is 11. The van der Waals surface area contributed by atoms with Gasteiger partial charge in [0.15, 0.2) is 0 Å². The lowest BCUT2D eigenvalue weighted by Gasteiger charge is -2.42. The lowest BCUT2D eigenvalue weighted by atomic mass is 9.85. The zero-order chi connectivity index (χ0) is 32.6. The lowest BCUT2D eigenvalue weighted by molar-refractivity contribution is -0.0682. The van der Waals surface area contributed by atoms with Crippen molar-refractivity contribution in [2.75, 3.05) is 55.1 Å². The van der Waals surface area contributed by atoms with Crippen LogP contribution < -0.4 is 16.0 Å². The highest BCUT2D eigenvalue weighted by molar-refractivity contribution is 7.90. The third-order valence-electron chi connectivity index (χ3n) is 8.61. The number of nitrogens with two attached hydrogens (primary N) is 1. The van der Waals surface area contributed by atoms with E-state index in [1.807, 2.05) is 13.0 Å². The number of imidazole rings is 1. The lowest BCUT2D eigenvalue weighted by Crippen LogP contribution is -2.57. The Labute approximate surface area is 265 Å². The summed E-state index contributed by atoms with van der Waals surface area (Å²) in [5, 5.41) is 18.8. The molecule has 0 amide bonds. The molecule has 4 N–H and O–H groups in total. The van der Waals surface area contributed by atoms with Crippen LogP contribution >= 0.6 is 0 Å². The smallest absolute Gasteiger partial charge is 0.229 e. The molecule has 1 aromatic carbocycles. The Morgan fingerprint density at radius 2 is 1.89 bits per heavy atom. The number of pyridine rings is 1. The van der Waals surface area contributed by atoms with Crippen LogP contribution in [-0.4, -0.2) is 90.2 Å². The van der Waals surface area contributed by atoms with Crippen molar-refractivity contribution in [2.45, 2.75) is 37.5 Å². The van der Waals surface area contributed by atoms with Gasteiger partial charge >= 0.3 is 0 Å². The monoisotopic (exact) mass is 657 g/mol. The number of anilines is 3. The van der Waals surface area contributed by atoms with E-state index in [0.29, 0.717) is 43.5 Å². The number of nitrogens with one attached hydrogen (secondary N) is 1. The van der Waals surface area contributed by atoms with Crippen molar-refractivity contribution in [2.24, 2.45) is 11.7 Å². The maximum atomic E-state index is 15.4. The highest BCUT2D eigenvalue weighted by Crippen LogP contribution is 2.36. The van der Waals surface area contributed by atoms with E-state index in [0.717, 1.165) is 17.8 Å². The normalized spacial score (nSPS) is 21.9. The summed E-state index contributed by atoms with van der Waals surface area (Å²) in [5.41, 5.74) is 7.06. The van der Waals surface area contributed by atoms with Gasteiger partial charge in [-0.15, -0.1) is 0 Å². The number of sulfone groups is 1. The first-order valence-corrected chi connectivity index (χ1v) is 17.1. The Bertz CT molecular complexity index is 1800. The van der Waals surface area contributed by atoms with E-state index in [-0.39, 0.29) is 60.1 Å². The van der Waals surface area contributed by atoms with E-state index in [2.05, 4.69) is 25.3 Å². The number of nitrogens with zero attached hydrogens (tertiary/aromatic N) is 5. The third-order valence-corrected chi connectivity index (χ3v) is 9.52. The standard InChI is InChI=1S/C31H37F2N7O5S/c1-19-17-39(18-24(34)29(19)45-11-12-46(2,42)43)27-5-8-35-16-26(27)37-30-36-15-21-3-4-25(38-40(21)30)28-22(32)13-20(14-23(28)33)31(41)6-9-44-10-7-31/h3-5,8,13-16,19,24,29,41H,6-7,9-12,17-18,34H2,1-2H3,(H,36,37)/t19-,24+,29-/m0/s1. The highest BCUT2D eigenvalue weighted by Gasteiger charge is 2.35. The van der Waals surface area contributed by atoms with Gasteiger partial charge in [0.2, 0.25) is 5.95 Å². The molecular weight excluding hydrogens is 620 g/mol. The molecule has 3 aromatic heterocycles. The number of ether oxygens (including phenoxy) is 2. The fraction of sp³-hybridized carbons (Fsp3) is 0.452. The molecule has 2 aliphatic rings. The minimum absolute atomic E-state index is 0.00384. The number of fused-ring (bicyclic) bond motifs is 1. The molecule has 0 radical (unpaired) electrons. The molecule has 246 valence electrons. The predicted molar refractivity (Wildman–Crippen MR) is 169 cm³/mol. The van der Waals surface area contributed by atoms with E-state index in [1.54, 1.807) is 24.7 Å². The van der Waals surface area contributed by atoms with Crippen LogP contribution in [0.2, 0.25) is 0 Å². The minimum Gasteiger partial charge on any atom is -0.385 e. The minimum atomic E-state index is -3.15. The van der Waals surface area contributed by atoms with Crippen LogP contribution in [0.3, 0.4) is 0 Å². The summed E-state index contributed by atoms with van der Waals surface area (Å²) in [6, 6.07) is 6.99. The van der Waals surface area contributed by atoms with E-state index < -0.39 is 27.1 Å². The van der Waals surface area contributed by atoms with E-state index in [1.165, 1.54) is 16.8 Å². The van der Waals surface area contributed by atoms with Crippen LogP contribution in [0, 0.1) is 17.6 Å². The Kier molecular flexibility index (Phi) is 8.95. The Morgan fingerprint density at radius 1 is 1.15 bits per heavy atom. The predicted octanol–water partition coefficient (Wildman–Crippen LogP) is 3.02. The largest absolute Gasteiger partial charge is 0.385 e. The fourth-order valence-electron chi connectivity index (χ4n) is 6.19. The first-order valence-electron chi connectivity index (χ1n) is 15.1. The number of hydrogen-bond donors (Lipinski definition) is 3. The molecule has 15 heteroatoms. The molecule has 4 aromatic rings. The molecule has 0 aliphatic carbocycles. The molecule has 2 saturated heterocycles. The van der Waals surface area contributed by atoms with E-state index in [9.17, 15) is 13.5 Å². The molecule has 0 unspecified atom stereocenters. The SMILES string of the molecule is C[C@H]1CN(c2ccncc2Nc2ncc3ccc(-c4c(F)cc(C5(O)CCOCC5)cc4F)nn23)C[C@@H](N)[C@H]1OCCS(C)(=O)=O. The fourth-order valence-corrected chi connectivity index (χ4v) is 6.59. The van der Waals surface area contributed by atoms with Crippen molar-refractivity contribution in [3.05, 3.63) is 66.1 Å². The third kappa shape index (κ3) is 6.69. The summed E-state index contributed by atoms with van der Waals surface area (Å²) in [6.07, 6.45) is 6.26. The van der Waals surface area contributed by atoms with Gasteiger partial charge in [-0.25, -0.2) is 22.2 Å². The van der Waals surface area contributed by atoms with E-state index >= 15 is 8.78 Å². The summed E-state index contributed by atoms with van der Waals surface area (Å²) < 4.78 is 66.6. The summed E-state index contributed by atoms with van der Waals surface area (Å²) in [5.74, 6) is -1.43. The zero-order valence-electron chi connectivity index (χ0n) is 25.6. The summed E-state index contributed by atoms with van der Waals surface area (Å²) >= 11 is 0. The van der Waals surface area contributed by atoms with Crippen molar-refractivity contribution in [3.63, 3.8) is 0 Å². The van der Waals surface area contributed by atoms with Crippen LogP contribution in [-0.2, 0) is 24.9 Å². The molecule has 5 heterocycles. The molecule has 2 aliphatic heterocycles. The molecule has 3 atom stereocenters. The van der Waals surface area contributed by atoms with Gasteiger partial charge in [0, 0.05) is 63.6 Å². The molecule has 0 bridgehead atoms. The number of aromatic nitrogens is 4. The molecule has 0 saturated carbocycles. The second kappa shape index (κ2) is 12.8. The van der Waals surface area contributed by atoms with Gasteiger partial charge in [-0.3, -0.25) is 4.98 Å². The molecule has 46 heavy (non-hydrogen) atoms. The summed E-state index contributed by atoms with van der Waals surface area (Å²) in [4.78, 5) is 10.8. The topological polar surface area (TPSA) is 157 Å². The molecular formula is C31H37F2N7O5S. The van der Waals surface area contributed by atoms with Gasteiger partial charge in [-0.05, 0) is 35.9 Å². The first-order chi connectivity index (χ1) is 21.9. The quantitative estimate of drug-likeness (QED) is 0.243. The number of piperidine rings is 1. The number of aliphatic hydroxyl groups is 1. The Morgan fingerprint density at radius 3 is 2.59 bits per heavy atom. The maximum absolute atomic E-state index is 15.4. The highest BCUT2D eigenvalue weighted by atomic mass is 32.2. The van der Waals surface area contributed by atoms with Gasteiger partial charge in [0.25, 0.3) is 0 Å². The Hall–Kier alpha value is -3.76. The number of halogens is 2. The van der Waals surface area contributed by atoms with Crippen molar-refractivity contribution >= 4 is 32.7 Å². The van der Waals surface area contributed by atoms with Crippen LogP contribution in [0.25, 0.3) is 16.8 Å².